The number of hydrogen-bond acceptors (Lipinski definition) is 6. The molecule has 36 heavy (non-hydrogen) atoms. The molecule has 8 nitrogen and oxygen atoms in total. The maximum atomic E-state index is 13.5. The lowest BCUT2D eigenvalue weighted by atomic mass is 10.1. The Morgan fingerprint density at radius 2 is 1.44 bits per heavy atom. The summed E-state index contributed by atoms with van der Waals surface area (Å²) in [7, 11) is -8.12. The van der Waals surface area contributed by atoms with Crippen LogP contribution < -0.4 is 4.72 Å². The van der Waals surface area contributed by atoms with Crippen molar-refractivity contribution in [1.29, 1.82) is 0 Å². The topological polar surface area (TPSA) is 112 Å². The molecule has 0 aliphatic heterocycles. The lowest BCUT2D eigenvalue weighted by Gasteiger charge is -2.11. The number of hydrogen-bond donors (Lipinski definition) is 1. The number of rotatable bonds is 7. The van der Waals surface area contributed by atoms with Gasteiger partial charge in [0.15, 0.2) is 0 Å². The first-order valence-corrected chi connectivity index (χ1v) is 14.3. The number of halogens is 2. The maximum absolute atomic E-state index is 13.5. The van der Waals surface area contributed by atoms with Crippen molar-refractivity contribution in [2.24, 2.45) is 0 Å². The fourth-order valence-electron chi connectivity index (χ4n) is 3.76. The summed E-state index contributed by atoms with van der Waals surface area (Å²) in [5, 5.41) is 0.959. The largest absolute Gasteiger partial charge is 0.462 e. The highest BCUT2D eigenvalue weighted by Gasteiger charge is 2.29. The minimum absolute atomic E-state index is 0.0110. The van der Waals surface area contributed by atoms with Gasteiger partial charge in [-0.05, 0) is 80.6 Å². The zero-order chi connectivity index (χ0) is 26.3. The minimum atomic E-state index is -4.14. The number of anilines is 1. The van der Waals surface area contributed by atoms with Crippen molar-refractivity contribution in [3.63, 3.8) is 0 Å². The fraction of sp³-hybridized carbons (Fsp3) is 0.125. The van der Waals surface area contributed by atoms with Crippen LogP contribution in [0.3, 0.4) is 0 Å². The third-order valence-electron chi connectivity index (χ3n) is 5.36. The molecule has 1 heterocycles. The Kier molecular flexibility index (Phi) is 7.07. The van der Waals surface area contributed by atoms with Gasteiger partial charge in [0.25, 0.3) is 20.0 Å². The quantitative estimate of drug-likeness (QED) is 0.297. The number of fused-ring (bicyclic) bond motifs is 1. The molecular formula is C24H20Cl2N2O6S2. The van der Waals surface area contributed by atoms with Crippen molar-refractivity contribution in [3.05, 3.63) is 88.0 Å². The lowest BCUT2D eigenvalue weighted by molar-refractivity contribution is 0.0528. The van der Waals surface area contributed by atoms with Crippen LogP contribution in [-0.4, -0.2) is 33.4 Å². The van der Waals surface area contributed by atoms with E-state index in [1.165, 1.54) is 73.7 Å². The van der Waals surface area contributed by atoms with Crippen LogP contribution in [0.1, 0.15) is 23.0 Å². The lowest BCUT2D eigenvalue weighted by Crippen LogP contribution is -2.15. The normalized spacial score (nSPS) is 12.0. The molecule has 0 bridgehead atoms. The molecule has 0 radical (unpaired) electrons. The maximum Gasteiger partial charge on any atom is 0.340 e. The highest BCUT2D eigenvalue weighted by Crippen LogP contribution is 2.33. The number of nitrogens with zero attached hydrogens (tertiary/aromatic N) is 1. The zero-order valence-electron chi connectivity index (χ0n) is 19.0. The van der Waals surface area contributed by atoms with E-state index in [1.807, 2.05) is 0 Å². The van der Waals surface area contributed by atoms with Gasteiger partial charge in [0.2, 0.25) is 0 Å². The van der Waals surface area contributed by atoms with E-state index >= 15 is 0 Å². The van der Waals surface area contributed by atoms with Gasteiger partial charge in [-0.1, -0.05) is 23.2 Å². The third kappa shape index (κ3) is 4.81. The van der Waals surface area contributed by atoms with Crippen LogP contribution in [0.2, 0.25) is 10.0 Å². The molecule has 1 aromatic heterocycles. The summed E-state index contributed by atoms with van der Waals surface area (Å²) < 4.78 is 61.5. The highest BCUT2D eigenvalue weighted by molar-refractivity contribution is 7.92. The molecule has 0 aliphatic rings. The second-order valence-electron chi connectivity index (χ2n) is 7.70. The van der Waals surface area contributed by atoms with Crippen LogP contribution >= 0.6 is 23.2 Å². The summed E-state index contributed by atoms with van der Waals surface area (Å²) >= 11 is 11.8. The van der Waals surface area contributed by atoms with Gasteiger partial charge in [-0.2, -0.15) is 0 Å². The van der Waals surface area contributed by atoms with Crippen molar-refractivity contribution in [3.8, 4) is 0 Å². The molecule has 0 atom stereocenters. The van der Waals surface area contributed by atoms with E-state index in [0.29, 0.717) is 10.0 Å². The number of carbonyl (C=O) groups is 1. The second-order valence-corrected chi connectivity index (χ2v) is 12.0. The molecule has 0 saturated carbocycles. The Balaban J connectivity index is 1.89. The Hall–Kier alpha value is -3.05. The van der Waals surface area contributed by atoms with Gasteiger partial charge in [-0.3, -0.25) is 4.72 Å². The van der Waals surface area contributed by atoms with Gasteiger partial charge in [0.1, 0.15) is 0 Å². The monoisotopic (exact) mass is 566 g/mol. The molecular weight excluding hydrogens is 547 g/mol. The van der Waals surface area contributed by atoms with E-state index in [4.69, 9.17) is 27.9 Å². The first kappa shape index (κ1) is 26.0. The number of sulfonamides is 1. The first-order chi connectivity index (χ1) is 17.0. The number of carbonyl (C=O) groups excluding carboxylic acids is 1. The van der Waals surface area contributed by atoms with Crippen LogP contribution in [-0.2, 0) is 24.8 Å². The Bertz CT molecular complexity index is 1680. The van der Waals surface area contributed by atoms with Gasteiger partial charge >= 0.3 is 5.97 Å². The van der Waals surface area contributed by atoms with Crippen molar-refractivity contribution < 1.29 is 26.4 Å². The SMILES string of the molecule is CCOC(=O)c1c(C)n(S(=O)(=O)c2ccc(Cl)cc2)c2ccc(NS(=O)(=O)c3ccc(Cl)cc3)cc12. The Morgan fingerprint density at radius 3 is 2.00 bits per heavy atom. The summed E-state index contributed by atoms with van der Waals surface area (Å²) in [5.74, 6) is -0.734. The summed E-state index contributed by atoms with van der Waals surface area (Å²) in [6, 6.07) is 15.5. The number of nitrogens with one attached hydrogen (secondary N) is 1. The van der Waals surface area contributed by atoms with Crippen molar-refractivity contribution >= 4 is 65.8 Å². The summed E-state index contributed by atoms with van der Waals surface area (Å²) in [6.45, 7) is 3.18. The molecule has 1 N–H and O–H groups in total. The van der Waals surface area contributed by atoms with E-state index < -0.39 is 26.0 Å². The van der Waals surface area contributed by atoms with Gasteiger partial charge in [0.05, 0.1) is 27.5 Å². The van der Waals surface area contributed by atoms with Gasteiger partial charge in [-0.15, -0.1) is 0 Å². The predicted molar refractivity (Wildman–Crippen MR) is 139 cm³/mol. The van der Waals surface area contributed by atoms with Crippen LogP contribution in [0, 0.1) is 6.92 Å². The highest BCUT2D eigenvalue weighted by atomic mass is 35.5. The standard InChI is InChI=1S/C24H20Cl2N2O6S2/c1-3-34-24(29)23-15(2)28(36(32,33)20-11-6-17(26)7-12-20)22-13-8-18(14-21(22)23)27-35(30,31)19-9-4-16(25)5-10-19/h4-14,27H,3H2,1-2H3. The van der Waals surface area contributed by atoms with E-state index in [9.17, 15) is 21.6 Å². The average molecular weight is 567 g/mol. The van der Waals surface area contributed by atoms with E-state index in [0.717, 1.165) is 3.97 Å². The molecule has 0 saturated heterocycles. The molecule has 0 fully saturated rings. The molecule has 0 unspecified atom stereocenters. The Morgan fingerprint density at radius 1 is 0.889 bits per heavy atom. The molecule has 4 rings (SSSR count). The van der Waals surface area contributed by atoms with E-state index in [1.54, 1.807) is 6.92 Å². The molecule has 0 aliphatic carbocycles. The molecule has 188 valence electrons. The Labute approximate surface area is 218 Å². The smallest absolute Gasteiger partial charge is 0.340 e. The molecule has 3 aromatic carbocycles. The van der Waals surface area contributed by atoms with Gasteiger partial charge < -0.3 is 4.74 Å². The number of ether oxygens (including phenoxy) is 1. The van der Waals surface area contributed by atoms with Gasteiger partial charge in [-0.25, -0.2) is 25.6 Å². The number of esters is 1. The van der Waals surface area contributed by atoms with Crippen LogP contribution in [0.4, 0.5) is 5.69 Å². The van der Waals surface area contributed by atoms with Gasteiger partial charge in [0, 0.05) is 26.8 Å². The second kappa shape index (κ2) is 9.78. The van der Waals surface area contributed by atoms with Crippen LogP contribution in [0.15, 0.2) is 76.5 Å². The molecule has 4 aromatic rings. The van der Waals surface area contributed by atoms with Crippen LogP contribution in [0.5, 0.6) is 0 Å². The zero-order valence-corrected chi connectivity index (χ0v) is 22.2. The fourth-order valence-corrected chi connectivity index (χ4v) is 6.63. The molecule has 12 heteroatoms. The third-order valence-corrected chi connectivity index (χ3v) is 9.08. The van der Waals surface area contributed by atoms with E-state index in [-0.39, 0.29) is 44.2 Å². The first-order valence-electron chi connectivity index (χ1n) is 10.6. The van der Waals surface area contributed by atoms with Crippen LogP contribution in [0.25, 0.3) is 10.9 Å². The van der Waals surface area contributed by atoms with Crippen molar-refractivity contribution in [2.75, 3.05) is 11.3 Å². The predicted octanol–water partition coefficient (Wildman–Crippen LogP) is 5.47. The summed E-state index contributed by atoms with van der Waals surface area (Å²) in [4.78, 5) is 12.8. The number of aromatic nitrogens is 1. The van der Waals surface area contributed by atoms with E-state index in [2.05, 4.69) is 4.72 Å². The summed E-state index contributed by atoms with van der Waals surface area (Å²) in [6.07, 6.45) is 0. The van der Waals surface area contributed by atoms with Crippen molar-refractivity contribution in [1.82, 2.24) is 3.97 Å². The molecule has 0 amide bonds. The van der Waals surface area contributed by atoms with Crippen molar-refractivity contribution in [2.45, 2.75) is 23.6 Å². The number of benzene rings is 3. The average Bonchev–Trinajstić information content (AvgIpc) is 3.11. The minimum Gasteiger partial charge on any atom is -0.462 e. The summed E-state index contributed by atoms with van der Waals surface area (Å²) in [5.41, 5.74) is 0.442. The molecule has 0 spiro atoms.